The normalized spacial score (nSPS) is 12.2. The van der Waals surface area contributed by atoms with Crippen LogP contribution in [0.25, 0.3) is 32.3 Å². The molecule has 0 amide bonds. The van der Waals surface area contributed by atoms with Crippen LogP contribution in [0.3, 0.4) is 0 Å². The van der Waals surface area contributed by atoms with Crippen molar-refractivity contribution in [1.82, 2.24) is 14.8 Å². The molecule has 4 aromatic rings. The highest BCUT2D eigenvalue weighted by atomic mass is 35.5. The minimum absolute atomic E-state index is 0.276. The van der Waals surface area contributed by atoms with E-state index in [0.29, 0.717) is 62.9 Å². The summed E-state index contributed by atoms with van der Waals surface area (Å²) in [5.41, 5.74) is 11.4. The van der Waals surface area contributed by atoms with E-state index in [1.165, 1.54) is 4.68 Å². The summed E-state index contributed by atoms with van der Waals surface area (Å²) < 4.78 is 12.9. The zero-order valence-corrected chi connectivity index (χ0v) is 23.4. The minimum atomic E-state index is -0.741. The summed E-state index contributed by atoms with van der Waals surface area (Å²) in [6, 6.07) is 5.35. The number of fused-ring (bicyclic) bond motifs is 2. The number of benzene rings is 1. The number of aliphatic imine (C=N–C) groups is 1. The Morgan fingerprint density at radius 2 is 2.15 bits per heavy atom. The average molecular weight is 561 g/mol. The van der Waals surface area contributed by atoms with Gasteiger partial charge in [-0.15, -0.1) is 0 Å². The molecule has 0 saturated heterocycles. The van der Waals surface area contributed by atoms with Gasteiger partial charge in [-0.2, -0.15) is 9.78 Å². The monoisotopic (exact) mass is 560 g/mol. The van der Waals surface area contributed by atoms with Gasteiger partial charge in [0.1, 0.15) is 11.1 Å². The third kappa shape index (κ3) is 6.17. The second kappa shape index (κ2) is 12.1. The van der Waals surface area contributed by atoms with Gasteiger partial charge in [-0.25, -0.2) is 4.79 Å². The summed E-state index contributed by atoms with van der Waals surface area (Å²) in [5.74, 6) is 0.518. The molecule has 1 N–H and O–H groups in total. The van der Waals surface area contributed by atoms with Gasteiger partial charge in [0.25, 0.3) is 0 Å². The fourth-order valence-electron chi connectivity index (χ4n) is 4.10. The summed E-state index contributed by atoms with van der Waals surface area (Å²) in [6.45, 7) is 11.1. The Balaban J connectivity index is 1.90. The maximum Gasteiger partial charge on any atom is 0.435 e. The molecule has 0 bridgehead atoms. The lowest BCUT2D eigenvalue weighted by atomic mass is 10.1. The third-order valence-electron chi connectivity index (χ3n) is 5.72. The van der Waals surface area contributed by atoms with Crippen molar-refractivity contribution >= 4 is 56.7 Å². The molecular formula is C28H29ClN8O3. The maximum absolute atomic E-state index is 13.2. The van der Waals surface area contributed by atoms with Crippen LogP contribution in [0, 0.1) is 0 Å². The van der Waals surface area contributed by atoms with Crippen LogP contribution in [0.15, 0.2) is 70.0 Å². The zero-order valence-electron chi connectivity index (χ0n) is 22.7. The van der Waals surface area contributed by atoms with Crippen LogP contribution in [0.2, 0.25) is 5.02 Å². The lowest BCUT2D eigenvalue weighted by Crippen LogP contribution is -2.27. The number of allylic oxidation sites excluding steroid dienone is 2. The molecule has 3 aromatic heterocycles. The van der Waals surface area contributed by atoms with E-state index in [1.54, 1.807) is 57.6 Å². The van der Waals surface area contributed by atoms with Crippen LogP contribution in [0.4, 0.5) is 16.2 Å². The smallest absolute Gasteiger partial charge is 0.435 e. The first-order valence-electron chi connectivity index (χ1n) is 12.5. The molecule has 206 valence electrons. The van der Waals surface area contributed by atoms with Crippen LogP contribution in [0.1, 0.15) is 45.6 Å². The van der Waals surface area contributed by atoms with Crippen molar-refractivity contribution < 1.29 is 13.9 Å². The fraction of sp³-hybridized carbons (Fsp3) is 0.286. The summed E-state index contributed by atoms with van der Waals surface area (Å²) in [7, 11) is 0. The van der Waals surface area contributed by atoms with Crippen molar-refractivity contribution in [3.8, 4) is 0 Å². The van der Waals surface area contributed by atoms with Crippen LogP contribution >= 0.6 is 11.6 Å². The topological polar surface area (TPSA) is 143 Å². The minimum Gasteiger partial charge on any atom is -0.451 e. The molecule has 12 heteroatoms. The Labute approximate surface area is 235 Å². The molecule has 0 aliphatic heterocycles. The number of hydrogen-bond acceptors (Lipinski definition) is 8. The van der Waals surface area contributed by atoms with E-state index in [-0.39, 0.29) is 6.54 Å². The Hall–Kier alpha value is -4.60. The van der Waals surface area contributed by atoms with E-state index in [2.05, 4.69) is 37.0 Å². The molecule has 0 unspecified atom stereocenters. The Bertz CT molecular complexity index is 1690. The number of pyridine rings is 1. The van der Waals surface area contributed by atoms with Gasteiger partial charge in [0.15, 0.2) is 11.3 Å². The van der Waals surface area contributed by atoms with Gasteiger partial charge in [0.2, 0.25) is 0 Å². The maximum atomic E-state index is 13.2. The highest BCUT2D eigenvalue weighted by molar-refractivity contribution is 6.36. The molecule has 11 nitrogen and oxygen atoms in total. The number of rotatable bonds is 9. The number of aromatic nitrogens is 3. The van der Waals surface area contributed by atoms with E-state index >= 15 is 0 Å². The van der Waals surface area contributed by atoms with Gasteiger partial charge in [-0.05, 0) is 70.3 Å². The van der Waals surface area contributed by atoms with Crippen molar-refractivity contribution in [2.45, 2.75) is 46.1 Å². The SMILES string of the molecule is C=C/C=C\N=C(/C)c1oc2cnccc2c1Nc1ccc(Cl)c2c1c(CCCN=[N+]=[N-])nn2C(=O)OC(C)(C)C. The number of aryl methyl sites for hydroxylation is 1. The van der Waals surface area contributed by atoms with Crippen LogP contribution in [-0.2, 0) is 11.2 Å². The van der Waals surface area contributed by atoms with Crippen molar-refractivity contribution in [2.75, 3.05) is 11.9 Å². The molecule has 4 rings (SSSR count). The van der Waals surface area contributed by atoms with Gasteiger partial charge in [0, 0.05) is 34.6 Å². The fourth-order valence-corrected chi connectivity index (χ4v) is 4.34. The van der Waals surface area contributed by atoms with Crippen molar-refractivity contribution in [3.63, 3.8) is 0 Å². The van der Waals surface area contributed by atoms with Crippen molar-refractivity contribution in [3.05, 3.63) is 82.4 Å². The Morgan fingerprint density at radius 3 is 2.88 bits per heavy atom. The number of carbonyl (C=O) groups excluding carboxylic acids is 1. The summed E-state index contributed by atoms with van der Waals surface area (Å²) >= 11 is 6.65. The lowest BCUT2D eigenvalue weighted by molar-refractivity contribution is 0.0522. The molecule has 40 heavy (non-hydrogen) atoms. The number of azide groups is 1. The number of anilines is 2. The Morgan fingerprint density at radius 1 is 1.35 bits per heavy atom. The standard InChI is InChI=1S/C28H29ClN8O3/c1-6-7-13-32-17(2)26-24(18-12-15-31-16-22(18)39-26)34-20-11-10-19(29)25-23(20)21(9-8-14-33-36-30)35-37(25)27(38)40-28(3,4)5/h6-7,10-13,15-16,34H,1,8-9,14H2,2-5H3/b13-7-,32-17+. The number of nitrogens with one attached hydrogen (secondary N) is 1. The zero-order chi connectivity index (χ0) is 28.9. The van der Waals surface area contributed by atoms with Crippen molar-refractivity contribution in [1.29, 1.82) is 0 Å². The van der Waals surface area contributed by atoms with E-state index in [9.17, 15) is 4.79 Å². The molecule has 0 radical (unpaired) electrons. The second-order valence-corrected chi connectivity index (χ2v) is 10.2. The predicted molar refractivity (Wildman–Crippen MR) is 158 cm³/mol. The van der Waals surface area contributed by atoms with Gasteiger partial charge in [-0.3, -0.25) is 9.98 Å². The number of carbonyl (C=O) groups is 1. The average Bonchev–Trinajstić information content (AvgIpc) is 3.47. The van der Waals surface area contributed by atoms with Gasteiger partial charge >= 0.3 is 6.09 Å². The molecule has 1 aromatic carbocycles. The van der Waals surface area contributed by atoms with Gasteiger partial charge in [-0.1, -0.05) is 29.4 Å². The molecule has 0 spiro atoms. The van der Waals surface area contributed by atoms with Crippen LogP contribution in [-0.4, -0.2) is 38.7 Å². The number of furan rings is 1. The summed E-state index contributed by atoms with van der Waals surface area (Å²) in [5, 5.41) is 13.5. The quantitative estimate of drug-likeness (QED) is 0.0546. The van der Waals surface area contributed by atoms with E-state index in [1.807, 2.05) is 19.1 Å². The first-order chi connectivity index (χ1) is 19.1. The van der Waals surface area contributed by atoms with E-state index in [0.717, 1.165) is 5.39 Å². The summed E-state index contributed by atoms with van der Waals surface area (Å²) in [6.07, 6.45) is 8.58. The highest BCUT2D eigenvalue weighted by Crippen LogP contribution is 2.39. The molecule has 0 saturated carbocycles. The highest BCUT2D eigenvalue weighted by Gasteiger charge is 2.26. The van der Waals surface area contributed by atoms with Crippen LogP contribution < -0.4 is 5.32 Å². The molecule has 0 aliphatic carbocycles. The second-order valence-electron chi connectivity index (χ2n) is 9.81. The lowest BCUT2D eigenvalue weighted by Gasteiger charge is -2.19. The molecule has 0 atom stereocenters. The first kappa shape index (κ1) is 28.4. The molecular weight excluding hydrogens is 532 g/mol. The van der Waals surface area contributed by atoms with Crippen LogP contribution in [0.5, 0.6) is 0 Å². The van der Waals surface area contributed by atoms with Gasteiger partial charge in [0.05, 0.1) is 34.0 Å². The third-order valence-corrected chi connectivity index (χ3v) is 6.03. The molecule has 3 heterocycles. The van der Waals surface area contributed by atoms with Crippen molar-refractivity contribution in [2.24, 2.45) is 10.1 Å². The van der Waals surface area contributed by atoms with E-state index in [4.69, 9.17) is 26.3 Å². The molecule has 0 fully saturated rings. The predicted octanol–water partition coefficient (Wildman–Crippen LogP) is 8.11. The molecule has 0 aliphatic rings. The first-order valence-corrected chi connectivity index (χ1v) is 12.9. The van der Waals surface area contributed by atoms with E-state index < -0.39 is 11.7 Å². The van der Waals surface area contributed by atoms with Gasteiger partial charge < -0.3 is 14.5 Å². The Kier molecular flexibility index (Phi) is 8.57. The largest absolute Gasteiger partial charge is 0.451 e. The number of halogens is 1. The summed E-state index contributed by atoms with van der Waals surface area (Å²) in [4.78, 5) is 24.6. The number of nitrogens with zero attached hydrogens (tertiary/aromatic N) is 7. The number of hydrogen-bond donors (Lipinski definition) is 1. The number of ether oxygens (including phenoxy) is 1.